The highest BCUT2D eigenvalue weighted by atomic mass is 32.2. The molecule has 1 aromatic heterocycles. The number of ether oxygens (including phenoxy) is 1. The van der Waals surface area contributed by atoms with E-state index in [-0.39, 0.29) is 0 Å². The molecule has 0 aliphatic rings. The maximum Gasteiger partial charge on any atom is 0.210 e. The van der Waals surface area contributed by atoms with Crippen LogP contribution in [-0.2, 0) is 5.75 Å². The molecule has 0 bridgehead atoms. The van der Waals surface area contributed by atoms with Crippen LogP contribution in [0.25, 0.3) is 0 Å². The van der Waals surface area contributed by atoms with Crippen molar-refractivity contribution in [3.63, 3.8) is 0 Å². The second kappa shape index (κ2) is 5.77. The van der Waals surface area contributed by atoms with Crippen LogP contribution in [0.1, 0.15) is 18.3 Å². The first-order chi connectivity index (χ1) is 8.70. The summed E-state index contributed by atoms with van der Waals surface area (Å²) in [6.07, 6.45) is 0. The second-order valence-electron chi connectivity index (χ2n) is 3.77. The fourth-order valence-electron chi connectivity index (χ4n) is 1.44. The minimum absolute atomic E-state index is 0.684. The van der Waals surface area contributed by atoms with E-state index in [1.165, 1.54) is 10.2 Å². The molecule has 0 unspecified atom stereocenters. The minimum atomic E-state index is 0.684. The molecule has 1 aromatic carbocycles. The van der Waals surface area contributed by atoms with E-state index >= 15 is 0 Å². The van der Waals surface area contributed by atoms with Crippen molar-refractivity contribution in [1.82, 2.24) is 14.9 Å². The van der Waals surface area contributed by atoms with Gasteiger partial charge in [-0.3, -0.25) is 0 Å². The van der Waals surface area contributed by atoms with Crippen LogP contribution >= 0.6 is 11.8 Å². The third-order valence-electron chi connectivity index (χ3n) is 2.44. The van der Waals surface area contributed by atoms with E-state index in [2.05, 4.69) is 10.2 Å². The number of rotatable bonds is 5. The molecule has 1 heterocycles. The largest absolute Gasteiger partial charge is 0.494 e. The van der Waals surface area contributed by atoms with Crippen molar-refractivity contribution in [3.8, 4) is 5.75 Å². The monoisotopic (exact) mass is 264 g/mol. The van der Waals surface area contributed by atoms with Gasteiger partial charge >= 0.3 is 0 Å². The smallest absolute Gasteiger partial charge is 0.210 e. The minimum Gasteiger partial charge on any atom is -0.494 e. The summed E-state index contributed by atoms with van der Waals surface area (Å²) in [5, 5.41) is 8.64. The molecule has 2 N–H and O–H groups in total. The highest BCUT2D eigenvalue weighted by Crippen LogP contribution is 2.21. The predicted molar refractivity (Wildman–Crippen MR) is 72.1 cm³/mol. The lowest BCUT2D eigenvalue weighted by molar-refractivity contribution is 0.340. The lowest BCUT2D eigenvalue weighted by Gasteiger charge is -2.05. The molecular weight excluding hydrogens is 248 g/mol. The molecule has 0 radical (unpaired) electrons. The number of thioether (sulfide) groups is 1. The number of hydrogen-bond donors (Lipinski definition) is 1. The third kappa shape index (κ3) is 2.95. The molecule has 18 heavy (non-hydrogen) atoms. The molecule has 0 atom stereocenters. The summed E-state index contributed by atoms with van der Waals surface area (Å²) in [5.74, 6) is 8.19. The van der Waals surface area contributed by atoms with Gasteiger partial charge in [0, 0.05) is 5.75 Å². The second-order valence-corrected chi connectivity index (χ2v) is 4.71. The zero-order valence-electron chi connectivity index (χ0n) is 10.5. The molecule has 0 aliphatic carbocycles. The summed E-state index contributed by atoms with van der Waals surface area (Å²) in [5.41, 5.74) is 1.20. The maximum absolute atomic E-state index is 5.78. The number of nitrogens with zero attached hydrogens (tertiary/aromatic N) is 3. The highest BCUT2D eigenvalue weighted by molar-refractivity contribution is 7.98. The van der Waals surface area contributed by atoms with Crippen molar-refractivity contribution in [2.75, 3.05) is 12.4 Å². The van der Waals surface area contributed by atoms with Crippen LogP contribution in [0.4, 0.5) is 0 Å². The first-order valence-corrected chi connectivity index (χ1v) is 6.71. The van der Waals surface area contributed by atoms with Gasteiger partial charge in [-0.15, -0.1) is 10.2 Å². The van der Waals surface area contributed by atoms with Crippen LogP contribution in [0, 0.1) is 6.92 Å². The molecule has 0 fully saturated rings. The first kappa shape index (κ1) is 12.8. The van der Waals surface area contributed by atoms with Crippen molar-refractivity contribution in [3.05, 3.63) is 35.7 Å². The van der Waals surface area contributed by atoms with E-state index in [1.807, 2.05) is 38.1 Å². The Balaban J connectivity index is 1.96. The predicted octanol–water partition coefficient (Wildman–Crippen LogP) is 1.99. The average molecular weight is 264 g/mol. The van der Waals surface area contributed by atoms with Gasteiger partial charge < -0.3 is 10.6 Å². The fraction of sp³-hybridized carbons (Fsp3) is 0.333. The number of nitrogen functional groups attached to an aromatic ring is 1. The maximum atomic E-state index is 5.78. The van der Waals surface area contributed by atoms with E-state index in [4.69, 9.17) is 10.6 Å². The molecule has 5 nitrogen and oxygen atoms in total. The molecule has 96 valence electrons. The molecule has 0 saturated carbocycles. The van der Waals surface area contributed by atoms with Crippen molar-refractivity contribution >= 4 is 11.8 Å². The number of benzene rings is 1. The van der Waals surface area contributed by atoms with Gasteiger partial charge in [-0.05, 0) is 31.5 Å². The Labute approximate surface area is 110 Å². The van der Waals surface area contributed by atoms with E-state index < -0.39 is 0 Å². The van der Waals surface area contributed by atoms with Gasteiger partial charge in [0.15, 0.2) is 0 Å². The lowest BCUT2D eigenvalue weighted by Crippen LogP contribution is -2.11. The van der Waals surface area contributed by atoms with Crippen LogP contribution in [0.5, 0.6) is 5.75 Å². The molecule has 6 heteroatoms. The zero-order chi connectivity index (χ0) is 13.0. The van der Waals surface area contributed by atoms with Crippen LogP contribution in [0.15, 0.2) is 29.4 Å². The van der Waals surface area contributed by atoms with Gasteiger partial charge in [0.25, 0.3) is 0 Å². The summed E-state index contributed by atoms with van der Waals surface area (Å²) < 4.78 is 6.89. The van der Waals surface area contributed by atoms with Gasteiger partial charge in [-0.2, -0.15) is 0 Å². The Kier molecular flexibility index (Phi) is 4.09. The van der Waals surface area contributed by atoms with Gasteiger partial charge in [0.1, 0.15) is 11.6 Å². The van der Waals surface area contributed by atoms with E-state index in [0.29, 0.717) is 12.4 Å². The van der Waals surface area contributed by atoms with Crippen LogP contribution in [-0.4, -0.2) is 21.5 Å². The summed E-state index contributed by atoms with van der Waals surface area (Å²) in [7, 11) is 0. The van der Waals surface area contributed by atoms with E-state index in [9.17, 15) is 0 Å². The molecule has 2 aromatic rings. The third-order valence-corrected chi connectivity index (χ3v) is 3.45. The van der Waals surface area contributed by atoms with Crippen LogP contribution in [0.2, 0.25) is 0 Å². The van der Waals surface area contributed by atoms with Crippen molar-refractivity contribution in [1.29, 1.82) is 0 Å². The van der Waals surface area contributed by atoms with E-state index in [0.717, 1.165) is 16.7 Å². The van der Waals surface area contributed by atoms with Gasteiger partial charge in [0.05, 0.1) is 6.61 Å². The Morgan fingerprint density at radius 3 is 2.56 bits per heavy atom. The Hall–Kier alpha value is -1.69. The quantitative estimate of drug-likeness (QED) is 0.661. The van der Waals surface area contributed by atoms with Crippen LogP contribution < -0.4 is 10.6 Å². The van der Waals surface area contributed by atoms with Crippen molar-refractivity contribution < 1.29 is 4.74 Å². The Bertz CT molecular complexity index is 509. The number of aromatic nitrogens is 3. The first-order valence-electron chi connectivity index (χ1n) is 5.72. The van der Waals surface area contributed by atoms with Gasteiger partial charge in [-0.1, -0.05) is 23.9 Å². The average Bonchev–Trinajstić information content (AvgIpc) is 2.70. The summed E-state index contributed by atoms with van der Waals surface area (Å²) >= 11 is 1.56. The summed E-state index contributed by atoms with van der Waals surface area (Å²) in [6, 6.07) is 8.03. The number of hydrogen-bond acceptors (Lipinski definition) is 5. The lowest BCUT2D eigenvalue weighted by atomic mass is 10.2. The van der Waals surface area contributed by atoms with Gasteiger partial charge in [-0.25, -0.2) is 4.68 Å². The van der Waals surface area contributed by atoms with Gasteiger partial charge in [0.2, 0.25) is 5.16 Å². The molecule has 2 rings (SSSR count). The summed E-state index contributed by atoms with van der Waals surface area (Å²) in [4.78, 5) is 0. The molecule has 0 amide bonds. The number of aryl methyl sites for hydroxylation is 1. The zero-order valence-corrected chi connectivity index (χ0v) is 11.3. The molecular formula is C12H16N4OS. The number of nitrogens with two attached hydrogens (primary N) is 1. The Morgan fingerprint density at radius 2 is 2.00 bits per heavy atom. The molecule has 0 aliphatic heterocycles. The molecule has 0 saturated heterocycles. The standard InChI is InChI=1S/C12H16N4OS/c1-3-17-11-6-4-10(5-7-11)8-18-12-15-14-9(2)16(12)13/h4-7H,3,8,13H2,1-2H3. The normalized spacial score (nSPS) is 10.6. The van der Waals surface area contributed by atoms with Crippen molar-refractivity contribution in [2.45, 2.75) is 24.8 Å². The topological polar surface area (TPSA) is 66.0 Å². The van der Waals surface area contributed by atoms with Crippen LogP contribution in [0.3, 0.4) is 0 Å². The van der Waals surface area contributed by atoms with Crippen molar-refractivity contribution in [2.24, 2.45) is 0 Å². The highest BCUT2D eigenvalue weighted by Gasteiger charge is 2.06. The fourth-order valence-corrected chi connectivity index (χ4v) is 2.30. The van der Waals surface area contributed by atoms with E-state index in [1.54, 1.807) is 11.8 Å². The SMILES string of the molecule is CCOc1ccc(CSc2nnc(C)n2N)cc1. The summed E-state index contributed by atoms with van der Waals surface area (Å²) in [6.45, 7) is 4.48. The Morgan fingerprint density at radius 1 is 1.28 bits per heavy atom. The molecule has 0 spiro atoms.